The van der Waals surface area contributed by atoms with Crippen LogP contribution in [-0.4, -0.2) is 44.7 Å². The Bertz CT molecular complexity index is 985. The molecule has 0 bridgehead atoms. The number of imidazole rings is 1. The monoisotopic (exact) mass is 449 g/mol. The van der Waals surface area contributed by atoms with Crippen molar-refractivity contribution < 1.29 is 18.8 Å². The molecule has 3 amide bonds. The Kier molecular flexibility index (Phi) is 6.94. The highest BCUT2D eigenvalue weighted by Gasteiger charge is 2.35. The first-order valence-corrected chi connectivity index (χ1v) is 10.5. The van der Waals surface area contributed by atoms with Crippen LogP contribution in [0.2, 0.25) is 5.02 Å². The molecule has 10 heteroatoms. The van der Waals surface area contributed by atoms with Crippen molar-refractivity contribution in [1.82, 2.24) is 14.9 Å². The maximum atomic E-state index is 13.2. The van der Waals surface area contributed by atoms with Crippen molar-refractivity contribution in [2.75, 3.05) is 5.32 Å². The van der Waals surface area contributed by atoms with Gasteiger partial charge in [-0.3, -0.25) is 14.4 Å². The second kappa shape index (κ2) is 9.47. The summed E-state index contributed by atoms with van der Waals surface area (Å²) in [6, 6.07) is 3.61. The summed E-state index contributed by atoms with van der Waals surface area (Å²) in [5.74, 6) is -2.01. The molecule has 1 aromatic heterocycles. The Labute approximate surface area is 184 Å². The van der Waals surface area contributed by atoms with E-state index < -0.39 is 11.7 Å². The number of carbonyl (C=O) groups is 3. The van der Waals surface area contributed by atoms with Crippen LogP contribution < -0.4 is 11.1 Å². The van der Waals surface area contributed by atoms with Gasteiger partial charge in [0.2, 0.25) is 5.91 Å². The zero-order valence-corrected chi connectivity index (χ0v) is 18.1. The predicted octanol–water partition coefficient (Wildman–Crippen LogP) is 3.35. The summed E-state index contributed by atoms with van der Waals surface area (Å²) in [7, 11) is 0. The van der Waals surface area contributed by atoms with E-state index in [-0.39, 0.29) is 46.2 Å². The molecule has 1 heterocycles. The van der Waals surface area contributed by atoms with Crippen molar-refractivity contribution in [3.8, 4) is 0 Å². The fourth-order valence-corrected chi connectivity index (χ4v) is 4.25. The number of H-pyrrole nitrogens is 1. The molecule has 0 saturated heterocycles. The van der Waals surface area contributed by atoms with Gasteiger partial charge in [-0.15, -0.1) is 0 Å². The summed E-state index contributed by atoms with van der Waals surface area (Å²) in [5.41, 5.74) is 5.68. The van der Waals surface area contributed by atoms with Crippen molar-refractivity contribution >= 4 is 35.0 Å². The normalized spacial score (nSPS) is 18.6. The number of benzene rings is 1. The van der Waals surface area contributed by atoms with E-state index in [1.165, 1.54) is 18.5 Å². The molecular weight excluding hydrogens is 425 g/mol. The van der Waals surface area contributed by atoms with E-state index in [2.05, 4.69) is 15.3 Å². The van der Waals surface area contributed by atoms with Gasteiger partial charge in [-0.25, -0.2) is 9.37 Å². The second-order valence-corrected chi connectivity index (χ2v) is 8.32. The van der Waals surface area contributed by atoms with Gasteiger partial charge in [0.1, 0.15) is 11.5 Å². The number of aromatic amines is 1. The SMILES string of the molecule is CC(C)N(C(=O)c1[nH]cnc1C(N)=O)C1CCC(C(=O)Nc2ccc(F)cc2Cl)CC1. The lowest BCUT2D eigenvalue weighted by Crippen LogP contribution is -2.47. The standard InChI is InChI=1S/C21H25ClFN5O3/c1-11(2)28(21(31)18-17(19(24)29)25-10-26-18)14-6-3-12(4-7-14)20(30)27-16-8-5-13(23)9-15(16)22/h5,8-12,14H,3-4,6-7H2,1-2H3,(H2,24,29)(H,25,26)(H,27,30). The summed E-state index contributed by atoms with van der Waals surface area (Å²) in [4.78, 5) is 45.6. The predicted molar refractivity (Wildman–Crippen MR) is 114 cm³/mol. The van der Waals surface area contributed by atoms with Crippen LogP contribution in [0.5, 0.6) is 0 Å². The molecule has 1 aromatic carbocycles. The van der Waals surface area contributed by atoms with E-state index >= 15 is 0 Å². The molecule has 1 aliphatic rings. The van der Waals surface area contributed by atoms with Gasteiger partial charge in [-0.05, 0) is 57.7 Å². The molecule has 2 aromatic rings. The van der Waals surface area contributed by atoms with Crippen molar-refractivity contribution in [2.24, 2.45) is 11.7 Å². The van der Waals surface area contributed by atoms with E-state index in [1.54, 1.807) is 4.90 Å². The highest BCUT2D eigenvalue weighted by molar-refractivity contribution is 6.33. The number of rotatable bonds is 6. The van der Waals surface area contributed by atoms with Crippen LogP contribution >= 0.6 is 11.6 Å². The zero-order valence-electron chi connectivity index (χ0n) is 17.3. The number of primary amides is 1. The maximum Gasteiger partial charge on any atom is 0.273 e. The number of hydrogen-bond donors (Lipinski definition) is 3. The third-order valence-electron chi connectivity index (χ3n) is 5.53. The maximum absolute atomic E-state index is 13.2. The minimum absolute atomic E-state index is 0.0759. The fraction of sp³-hybridized carbons (Fsp3) is 0.429. The van der Waals surface area contributed by atoms with Gasteiger partial charge >= 0.3 is 0 Å². The van der Waals surface area contributed by atoms with Crippen LogP contribution in [-0.2, 0) is 4.79 Å². The zero-order chi connectivity index (χ0) is 22.7. The Balaban J connectivity index is 1.66. The van der Waals surface area contributed by atoms with Crippen LogP contribution in [0.4, 0.5) is 10.1 Å². The number of nitrogens with zero attached hydrogens (tertiary/aromatic N) is 2. The lowest BCUT2D eigenvalue weighted by Gasteiger charge is -2.39. The van der Waals surface area contributed by atoms with Crippen LogP contribution in [0.3, 0.4) is 0 Å². The Morgan fingerprint density at radius 3 is 2.52 bits per heavy atom. The molecular formula is C21H25ClFN5O3. The molecule has 0 radical (unpaired) electrons. The fourth-order valence-electron chi connectivity index (χ4n) is 4.04. The third-order valence-corrected chi connectivity index (χ3v) is 5.84. The summed E-state index contributed by atoms with van der Waals surface area (Å²) in [6.45, 7) is 3.79. The second-order valence-electron chi connectivity index (χ2n) is 7.92. The van der Waals surface area contributed by atoms with E-state index in [1.807, 2.05) is 13.8 Å². The first-order chi connectivity index (χ1) is 14.7. The van der Waals surface area contributed by atoms with E-state index in [0.717, 1.165) is 6.07 Å². The van der Waals surface area contributed by atoms with Crippen LogP contribution in [0.25, 0.3) is 0 Å². The highest BCUT2D eigenvalue weighted by atomic mass is 35.5. The molecule has 1 fully saturated rings. The van der Waals surface area contributed by atoms with Crippen LogP contribution in [0.1, 0.15) is 60.5 Å². The molecule has 31 heavy (non-hydrogen) atoms. The largest absolute Gasteiger partial charge is 0.364 e. The molecule has 3 rings (SSSR count). The van der Waals surface area contributed by atoms with Gasteiger partial charge in [0.15, 0.2) is 5.69 Å². The number of amides is 3. The third kappa shape index (κ3) is 5.04. The molecule has 1 aliphatic carbocycles. The molecule has 0 aliphatic heterocycles. The van der Waals surface area contributed by atoms with Gasteiger partial charge in [0, 0.05) is 18.0 Å². The van der Waals surface area contributed by atoms with E-state index in [4.69, 9.17) is 17.3 Å². The number of nitrogens with two attached hydrogens (primary N) is 1. The topological polar surface area (TPSA) is 121 Å². The average Bonchev–Trinajstić information content (AvgIpc) is 3.21. The smallest absolute Gasteiger partial charge is 0.273 e. The van der Waals surface area contributed by atoms with Gasteiger partial charge in [-0.1, -0.05) is 11.6 Å². The number of hydrogen-bond acceptors (Lipinski definition) is 4. The molecule has 0 unspecified atom stereocenters. The number of halogens is 2. The summed E-state index contributed by atoms with van der Waals surface area (Å²) in [6.07, 6.45) is 3.68. The molecule has 1 saturated carbocycles. The molecule has 8 nitrogen and oxygen atoms in total. The van der Waals surface area contributed by atoms with Gasteiger partial charge in [0.05, 0.1) is 17.0 Å². The van der Waals surface area contributed by atoms with Crippen molar-refractivity contribution in [3.05, 3.63) is 46.8 Å². The van der Waals surface area contributed by atoms with Gasteiger partial charge in [-0.2, -0.15) is 0 Å². The first kappa shape index (κ1) is 22.7. The lowest BCUT2D eigenvalue weighted by molar-refractivity contribution is -0.121. The van der Waals surface area contributed by atoms with Gasteiger partial charge < -0.3 is 20.9 Å². The average molecular weight is 450 g/mol. The number of aromatic nitrogens is 2. The number of carbonyl (C=O) groups excluding carboxylic acids is 3. The van der Waals surface area contributed by atoms with Crippen LogP contribution in [0.15, 0.2) is 24.5 Å². The Morgan fingerprint density at radius 1 is 1.26 bits per heavy atom. The van der Waals surface area contributed by atoms with Crippen molar-refractivity contribution in [3.63, 3.8) is 0 Å². The number of anilines is 1. The first-order valence-electron chi connectivity index (χ1n) is 10.1. The molecule has 4 N–H and O–H groups in total. The van der Waals surface area contributed by atoms with Gasteiger partial charge in [0.25, 0.3) is 11.8 Å². The van der Waals surface area contributed by atoms with Crippen molar-refractivity contribution in [1.29, 1.82) is 0 Å². The molecule has 0 spiro atoms. The lowest BCUT2D eigenvalue weighted by atomic mass is 9.84. The quantitative estimate of drug-likeness (QED) is 0.626. The summed E-state index contributed by atoms with van der Waals surface area (Å²) >= 11 is 5.99. The summed E-state index contributed by atoms with van der Waals surface area (Å²) in [5, 5.41) is 2.90. The summed E-state index contributed by atoms with van der Waals surface area (Å²) < 4.78 is 13.2. The Hall–Kier alpha value is -2.94. The van der Waals surface area contributed by atoms with Crippen LogP contribution in [0, 0.1) is 11.7 Å². The highest BCUT2D eigenvalue weighted by Crippen LogP contribution is 2.31. The minimum atomic E-state index is -0.770. The number of nitrogens with one attached hydrogen (secondary N) is 2. The van der Waals surface area contributed by atoms with Crippen molar-refractivity contribution in [2.45, 2.75) is 51.6 Å². The van der Waals surface area contributed by atoms with E-state index in [0.29, 0.717) is 31.4 Å². The Morgan fingerprint density at radius 2 is 1.94 bits per heavy atom. The molecule has 166 valence electrons. The van der Waals surface area contributed by atoms with E-state index in [9.17, 15) is 18.8 Å². The minimum Gasteiger partial charge on any atom is -0.364 e. The molecule has 0 atom stereocenters.